The van der Waals surface area contributed by atoms with Gasteiger partial charge in [-0.05, 0) is 0 Å². The van der Waals surface area contributed by atoms with Gasteiger partial charge in [0.2, 0.25) is 0 Å². The Bertz CT molecular complexity index is 135. The van der Waals surface area contributed by atoms with Crippen LogP contribution >= 0.6 is 0 Å². The Balaban J connectivity index is 2.99. The summed E-state index contributed by atoms with van der Waals surface area (Å²) >= 11 is -1.41. The molecule has 0 rings (SSSR count). The Hall–Kier alpha value is 0.818. The van der Waals surface area contributed by atoms with Gasteiger partial charge >= 0.3 is 109 Å². The quantitative estimate of drug-likeness (QED) is 0.321. The molecule has 0 heterocycles. The van der Waals surface area contributed by atoms with Crippen molar-refractivity contribution in [3.8, 4) is 0 Å². The Labute approximate surface area is 109 Å². The number of hydrogen-bond acceptors (Lipinski definition) is 0. The summed E-state index contributed by atoms with van der Waals surface area (Å²) in [5.41, 5.74) is 0. The molecule has 16 heavy (non-hydrogen) atoms. The third-order valence-electron chi connectivity index (χ3n) is 3.28. The third-order valence-corrected chi connectivity index (χ3v) is 8.57. The summed E-state index contributed by atoms with van der Waals surface area (Å²) in [5, 5.41) is 0. The molecule has 0 nitrogen and oxygen atoms in total. The Morgan fingerprint density at radius 1 is 0.562 bits per heavy atom. The molecule has 0 radical (unpaired) electrons. The maximum atomic E-state index is 2.56. The van der Waals surface area contributed by atoms with Crippen LogP contribution in [0.1, 0.15) is 71.1 Å². The summed E-state index contributed by atoms with van der Waals surface area (Å²) in [6.07, 6.45) is 14.7. The van der Waals surface area contributed by atoms with E-state index in [9.17, 15) is 0 Å². The molecule has 0 atom stereocenters. The monoisotopic (exact) mass is 336 g/mol. The maximum absolute atomic E-state index is 2.56. The number of rotatable bonds is 11. The summed E-state index contributed by atoms with van der Waals surface area (Å²) in [6, 6.07) is 0. The van der Waals surface area contributed by atoms with Gasteiger partial charge in [0.05, 0.1) is 0 Å². The Morgan fingerprint density at radius 3 is 1.31 bits per heavy atom. The van der Waals surface area contributed by atoms with Crippen LogP contribution in [0.4, 0.5) is 0 Å². The van der Waals surface area contributed by atoms with Crippen LogP contribution in [0.3, 0.4) is 0 Å². The number of hydrogen-bond donors (Lipinski definition) is 0. The van der Waals surface area contributed by atoms with E-state index in [4.69, 9.17) is 0 Å². The summed E-state index contributed by atoms with van der Waals surface area (Å²) in [7, 11) is 0. The molecule has 0 spiro atoms. The second kappa shape index (κ2) is 10.9. The molecule has 0 amide bonds. The molecule has 0 saturated heterocycles. The van der Waals surface area contributed by atoms with Gasteiger partial charge in [-0.25, -0.2) is 0 Å². The van der Waals surface area contributed by atoms with E-state index in [2.05, 4.69) is 21.5 Å². The second-order valence-corrected chi connectivity index (χ2v) is 22.5. The molecule has 1 heteroatoms. The van der Waals surface area contributed by atoms with Crippen LogP contribution in [0.25, 0.3) is 0 Å². The zero-order valence-corrected chi connectivity index (χ0v) is 15.1. The van der Waals surface area contributed by atoms with Gasteiger partial charge < -0.3 is 0 Å². The first-order valence-corrected chi connectivity index (χ1v) is 18.1. The van der Waals surface area contributed by atoms with Crippen molar-refractivity contribution in [2.24, 2.45) is 0 Å². The molecule has 0 aliphatic heterocycles. The molecule has 0 saturated carbocycles. The SMILES string of the molecule is CCCCCCCCCCC[CH2][SbH]([CH3])([CH3])[CH3]. The van der Waals surface area contributed by atoms with Gasteiger partial charge in [-0.1, -0.05) is 0 Å². The second-order valence-electron chi connectivity index (χ2n) is 6.49. The Kier molecular flexibility index (Phi) is 11.5. The molecular formula is C15H35Sb. The van der Waals surface area contributed by atoms with Crippen LogP contribution in [-0.4, -0.2) is 18.8 Å². The fraction of sp³-hybridized carbons (Fsp3) is 1.00. The van der Waals surface area contributed by atoms with Gasteiger partial charge in [-0.2, -0.15) is 0 Å². The topological polar surface area (TPSA) is 0 Å². The minimum absolute atomic E-state index is 1.37. The summed E-state index contributed by atoms with van der Waals surface area (Å²) < 4.78 is 1.60. The molecule has 0 aromatic rings. The first-order valence-electron chi connectivity index (χ1n) is 7.56. The molecule has 100 valence electrons. The molecule has 0 N–H and O–H groups in total. The molecule has 0 unspecified atom stereocenters. The van der Waals surface area contributed by atoms with E-state index < -0.39 is 18.8 Å². The van der Waals surface area contributed by atoms with Gasteiger partial charge in [0.1, 0.15) is 0 Å². The first kappa shape index (κ1) is 16.8. The molecule has 0 aliphatic rings. The summed E-state index contributed by atoms with van der Waals surface area (Å²) in [5.74, 6) is 0. The van der Waals surface area contributed by atoms with Gasteiger partial charge in [0.25, 0.3) is 0 Å². The average molecular weight is 337 g/mol. The number of unbranched alkanes of at least 4 members (excludes halogenated alkanes) is 9. The van der Waals surface area contributed by atoms with Crippen LogP contribution in [-0.2, 0) is 0 Å². The third kappa shape index (κ3) is 14.8. The van der Waals surface area contributed by atoms with Crippen molar-refractivity contribution in [3.63, 3.8) is 0 Å². The van der Waals surface area contributed by atoms with E-state index in [0.29, 0.717) is 0 Å². The van der Waals surface area contributed by atoms with Gasteiger partial charge in [-0.3, -0.25) is 0 Å². The Morgan fingerprint density at radius 2 is 0.938 bits per heavy atom. The summed E-state index contributed by atoms with van der Waals surface area (Å²) in [6.45, 7) is 2.29. The minimum atomic E-state index is -1.41. The molecule has 0 aromatic heterocycles. The van der Waals surface area contributed by atoms with E-state index in [1.165, 1.54) is 64.2 Å². The van der Waals surface area contributed by atoms with E-state index in [-0.39, 0.29) is 0 Å². The molecular weight excluding hydrogens is 302 g/mol. The van der Waals surface area contributed by atoms with Crippen LogP contribution < -0.4 is 0 Å². The normalized spacial score (nSPS) is 13.0. The molecule has 0 bridgehead atoms. The van der Waals surface area contributed by atoms with Crippen molar-refractivity contribution in [3.05, 3.63) is 0 Å². The van der Waals surface area contributed by atoms with Crippen molar-refractivity contribution in [1.82, 2.24) is 0 Å². The zero-order valence-electron chi connectivity index (χ0n) is 12.3. The molecule has 0 aromatic carbocycles. The predicted molar refractivity (Wildman–Crippen MR) is 81.4 cm³/mol. The van der Waals surface area contributed by atoms with Crippen molar-refractivity contribution in [2.75, 3.05) is 0 Å². The van der Waals surface area contributed by atoms with Crippen molar-refractivity contribution in [2.45, 2.75) is 90.1 Å². The first-order chi connectivity index (χ1) is 7.56. The van der Waals surface area contributed by atoms with Gasteiger partial charge in [-0.15, -0.1) is 0 Å². The van der Waals surface area contributed by atoms with Crippen molar-refractivity contribution in [1.29, 1.82) is 0 Å². The standard InChI is InChI=1S/C12H25.3CH3.Sb.H/c1-3-5-7-9-11-12-10-8-6-4-2;;;;;/h1,3-12H2,2H3;3*1H3;;. The fourth-order valence-corrected chi connectivity index (χ4v) is 5.88. The predicted octanol–water partition coefficient (Wildman–Crippen LogP) is 5.98. The van der Waals surface area contributed by atoms with Crippen LogP contribution in [0, 0.1) is 0 Å². The van der Waals surface area contributed by atoms with E-state index in [0.717, 1.165) is 0 Å². The van der Waals surface area contributed by atoms with Crippen molar-refractivity contribution < 1.29 is 0 Å². The van der Waals surface area contributed by atoms with Crippen LogP contribution in [0.5, 0.6) is 0 Å². The fourth-order valence-electron chi connectivity index (χ4n) is 2.14. The van der Waals surface area contributed by atoms with Gasteiger partial charge in [0.15, 0.2) is 0 Å². The summed E-state index contributed by atoms with van der Waals surface area (Å²) in [4.78, 5) is 7.67. The van der Waals surface area contributed by atoms with E-state index >= 15 is 0 Å². The van der Waals surface area contributed by atoms with Crippen molar-refractivity contribution >= 4 is 18.8 Å². The molecule has 0 aliphatic carbocycles. The van der Waals surface area contributed by atoms with Crippen LogP contribution in [0.2, 0.25) is 19.0 Å². The average Bonchev–Trinajstić information content (AvgIpc) is 2.19. The van der Waals surface area contributed by atoms with E-state index in [1.54, 1.807) is 4.37 Å². The molecule has 0 fully saturated rings. The van der Waals surface area contributed by atoms with E-state index in [1.807, 2.05) is 0 Å². The van der Waals surface area contributed by atoms with Gasteiger partial charge in [0, 0.05) is 0 Å². The zero-order chi connectivity index (χ0) is 12.3. The van der Waals surface area contributed by atoms with Crippen LogP contribution in [0.15, 0.2) is 0 Å².